The van der Waals surface area contributed by atoms with E-state index in [1.807, 2.05) is 0 Å². The third-order valence-corrected chi connectivity index (χ3v) is 2.62. The monoisotopic (exact) mass is 258 g/mol. The van der Waals surface area contributed by atoms with Crippen molar-refractivity contribution in [1.82, 2.24) is 0 Å². The van der Waals surface area contributed by atoms with Gasteiger partial charge >= 0.3 is 0 Å². The van der Waals surface area contributed by atoms with Crippen molar-refractivity contribution in [3.63, 3.8) is 0 Å². The predicted molar refractivity (Wildman–Crippen MR) is 61.8 cm³/mol. The molecule has 0 unspecified atom stereocenters. The molecule has 0 saturated carbocycles. The van der Waals surface area contributed by atoms with Gasteiger partial charge in [-0.1, -0.05) is 23.2 Å². The molecule has 0 spiro atoms. The molecule has 2 aromatic rings. The Bertz CT molecular complexity index is 539. The zero-order valence-corrected chi connectivity index (χ0v) is 9.49. The van der Waals surface area contributed by atoms with Crippen LogP contribution < -0.4 is 0 Å². The van der Waals surface area contributed by atoms with Gasteiger partial charge in [-0.25, -0.2) is 8.78 Å². The van der Waals surface area contributed by atoms with Crippen molar-refractivity contribution in [2.75, 3.05) is 0 Å². The molecular weight excluding hydrogens is 253 g/mol. The van der Waals surface area contributed by atoms with E-state index in [4.69, 9.17) is 23.2 Å². The third-order valence-electron chi connectivity index (χ3n) is 2.15. The summed E-state index contributed by atoms with van der Waals surface area (Å²) in [6.45, 7) is 0. The molecule has 2 rings (SSSR count). The molecule has 0 nitrogen and oxygen atoms in total. The van der Waals surface area contributed by atoms with Gasteiger partial charge in [0, 0.05) is 21.2 Å². The van der Waals surface area contributed by atoms with Crippen molar-refractivity contribution in [3.8, 4) is 11.1 Å². The molecule has 0 saturated heterocycles. The van der Waals surface area contributed by atoms with Crippen LogP contribution in [0.2, 0.25) is 10.0 Å². The highest BCUT2D eigenvalue weighted by Gasteiger charge is 2.10. The molecule has 2 aromatic carbocycles. The molecule has 0 aromatic heterocycles. The highest BCUT2D eigenvalue weighted by Crippen LogP contribution is 2.29. The van der Waals surface area contributed by atoms with Gasteiger partial charge in [-0.05, 0) is 36.4 Å². The summed E-state index contributed by atoms with van der Waals surface area (Å²) in [5.74, 6) is -1.10. The summed E-state index contributed by atoms with van der Waals surface area (Å²) in [4.78, 5) is 0. The van der Waals surface area contributed by atoms with Gasteiger partial charge in [-0.3, -0.25) is 0 Å². The van der Waals surface area contributed by atoms with Gasteiger partial charge in [0.2, 0.25) is 0 Å². The fourth-order valence-corrected chi connectivity index (χ4v) is 1.74. The minimum Gasteiger partial charge on any atom is -0.206 e. The molecule has 0 N–H and O–H groups in total. The van der Waals surface area contributed by atoms with Crippen LogP contribution in [0.4, 0.5) is 8.78 Å². The molecule has 4 heteroatoms. The normalized spacial score (nSPS) is 10.5. The molecule has 0 fully saturated rings. The number of halogens is 4. The van der Waals surface area contributed by atoms with Crippen molar-refractivity contribution in [1.29, 1.82) is 0 Å². The Morgan fingerprint density at radius 3 is 2.00 bits per heavy atom. The fraction of sp³-hybridized carbons (Fsp3) is 0. The van der Waals surface area contributed by atoms with Crippen LogP contribution in [0.15, 0.2) is 36.4 Å². The molecular formula is C12H6Cl2F2. The van der Waals surface area contributed by atoms with E-state index in [0.717, 1.165) is 6.07 Å². The van der Waals surface area contributed by atoms with Crippen molar-refractivity contribution in [3.05, 3.63) is 58.1 Å². The topological polar surface area (TPSA) is 0 Å². The van der Waals surface area contributed by atoms with E-state index < -0.39 is 11.6 Å². The molecule has 16 heavy (non-hydrogen) atoms. The maximum Gasteiger partial charge on any atom is 0.132 e. The van der Waals surface area contributed by atoms with Gasteiger partial charge in [-0.2, -0.15) is 0 Å². The first-order valence-electron chi connectivity index (χ1n) is 4.48. The Kier molecular flexibility index (Phi) is 3.13. The lowest BCUT2D eigenvalue weighted by atomic mass is 10.0. The zero-order chi connectivity index (χ0) is 11.7. The van der Waals surface area contributed by atoms with Crippen LogP contribution in [0.25, 0.3) is 11.1 Å². The third kappa shape index (κ3) is 2.18. The highest BCUT2D eigenvalue weighted by molar-refractivity contribution is 6.31. The zero-order valence-electron chi connectivity index (χ0n) is 7.98. The van der Waals surface area contributed by atoms with Gasteiger partial charge < -0.3 is 0 Å². The quantitative estimate of drug-likeness (QED) is 0.680. The molecule has 0 bridgehead atoms. The predicted octanol–water partition coefficient (Wildman–Crippen LogP) is 4.94. The fourth-order valence-electron chi connectivity index (χ4n) is 1.41. The summed E-state index contributed by atoms with van der Waals surface area (Å²) in [7, 11) is 0. The second-order valence-electron chi connectivity index (χ2n) is 3.25. The Morgan fingerprint density at radius 2 is 1.31 bits per heavy atom. The summed E-state index contributed by atoms with van der Waals surface area (Å²) in [5, 5.41) is 0.620. The van der Waals surface area contributed by atoms with Crippen molar-refractivity contribution >= 4 is 23.2 Å². The van der Waals surface area contributed by atoms with E-state index >= 15 is 0 Å². The lowest BCUT2D eigenvalue weighted by Gasteiger charge is -2.05. The second-order valence-corrected chi connectivity index (χ2v) is 4.12. The molecule has 0 atom stereocenters. The van der Waals surface area contributed by atoms with E-state index in [1.54, 1.807) is 0 Å². The largest absolute Gasteiger partial charge is 0.206 e. The summed E-state index contributed by atoms with van der Waals surface area (Å²) < 4.78 is 27.0. The highest BCUT2D eigenvalue weighted by atomic mass is 35.5. The summed E-state index contributed by atoms with van der Waals surface area (Å²) in [6, 6.07) is 8.05. The average Bonchev–Trinajstić information content (AvgIpc) is 2.22. The van der Waals surface area contributed by atoms with Crippen LogP contribution in [-0.2, 0) is 0 Å². The van der Waals surface area contributed by atoms with Crippen molar-refractivity contribution < 1.29 is 8.78 Å². The van der Waals surface area contributed by atoms with E-state index in [1.165, 1.54) is 30.3 Å². The van der Waals surface area contributed by atoms with Gasteiger partial charge in [-0.15, -0.1) is 0 Å². The van der Waals surface area contributed by atoms with Gasteiger partial charge in [0.25, 0.3) is 0 Å². The second kappa shape index (κ2) is 4.40. The van der Waals surface area contributed by atoms with Crippen molar-refractivity contribution in [2.24, 2.45) is 0 Å². The summed E-state index contributed by atoms with van der Waals surface area (Å²) in [6.07, 6.45) is 0. The summed E-state index contributed by atoms with van der Waals surface area (Å²) >= 11 is 11.4. The maximum atomic E-state index is 13.6. The van der Waals surface area contributed by atoms with Crippen LogP contribution in [0.3, 0.4) is 0 Å². The lowest BCUT2D eigenvalue weighted by molar-refractivity contribution is 0.616. The Balaban J connectivity index is 2.62. The summed E-state index contributed by atoms with van der Waals surface area (Å²) in [5.41, 5.74) is 0.270. The van der Waals surface area contributed by atoms with Crippen LogP contribution in [-0.4, -0.2) is 0 Å². The molecule has 0 aliphatic carbocycles. The lowest BCUT2D eigenvalue weighted by Crippen LogP contribution is -1.88. The SMILES string of the molecule is Fc1cc(Cl)ccc1-c1cc(Cl)ccc1F. The maximum absolute atomic E-state index is 13.6. The van der Waals surface area contributed by atoms with Crippen LogP contribution in [0, 0.1) is 11.6 Å². The molecule has 0 heterocycles. The number of benzene rings is 2. The van der Waals surface area contributed by atoms with Crippen LogP contribution in [0.1, 0.15) is 0 Å². The molecule has 0 aliphatic rings. The molecule has 0 aliphatic heterocycles. The number of hydrogen-bond donors (Lipinski definition) is 0. The van der Waals surface area contributed by atoms with Crippen molar-refractivity contribution in [2.45, 2.75) is 0 Å². The van der Waals surface area contributed by atoms with E-state index in [-0.39, 0.29) is 16.1 Å². The van der Waals surface area contributed by atoms with Crippen LogP contribution in [0.5, 0.6) is 0 Å². The Labute approximate surface area is 101 Å². The van der Waals surface area contributed by atoms with E-state index in [9.17, 15) is 8.78 Å². The average molecular weight is 259 g/mol. The molecule has 0 amide bonds. The Morgan fingerprint density at radius 1 is 0.688 bits per heavy atom. The van der Waals surface area contributed by atoms with Gasteiger partial charge in [0.15, 0.2) is 0 Å². The first-order valence-corrected chi connectivity index (χ1v) is 5.24. The van der Waals surface area contributed by atoms with E-state index in [0.29, 0.717) is 5.02 Å². The smallest absolute Gasteiger partial charge is 0.132 e. The minimum absolute atomic E-state index is 0.127. The number of rotatable bonds is 1. The molecule has 82 valence electrons. The Hall–Kier alpha value is -1.12. The van der Waals surface area contributed by atoms with E-state index in [2.05, 4.69) is 0 Å². The first kappa shape index (κ1) is 11.4. The van der Waals surface area contributed by atoms with Gasteiger partial charge in [0.05, 0.1) is 0 Å². The minimum atomic E-state index is -0.575. The molecule has 0 radical (unpaired) electrons. The number of hydrogen-bond acceptors (Lipinski definition) is 0. The first-order chi connectivity index (χ1) is 7.58. The standard InChI is InChI=1S/C12H6Cl2F2/c13-7-2-4-11(15)10(5-7)9-3-1-8(14)6-12(9)16/h1-6H. The van der Waals surface area contributed by atoms with Crippen LogP contribution >= 0.6 is 23.2 Å². The van der Waals surface area contributed by atoms with Gasteiger partial charge in [0.1, 0.15) is 11.6 Å².